The van der Waals surface area contributed by atoms with Crippen LogP contribution in [0.15, 0.2) is 24.7 Å². The molecule has 2 aromatic heterocycles. The minimum Gasteiger partial charge on any atom is -0.375 e. The maximum Gasteiger partial charge on any atom is 0.270 e. The van der Waals surface area contributed by atoms with Gasteiger partial charge in [-0.25, -0.2) is 4.98 Å². The predicted molar refractivity (Wildman–Crippen MR) is 98.1 cm³/mol. The van der Waals surface area contributed by atoms with E-state index in [0.29, 0.717) is 38.2 Å². The van der Waals surface area contributed by atoms with Gasteiger partial charge in [0.15, 0.2) is 0 Å². The summed E-state index contributed by atoms with van der Waals surface area (Å²) in [5.74, 6) is 0.0125. The number of carbonyl (C=O) groups is 2. The summed E-state index contributed by atoms with van der Waals surface area (Å²) in [6.07, 6.45) is 5.70. The van der Waals surface area contributed by atoms with Crippen LogP contribution in [-0.4, -0.2) is 69.5 Å². The largest absolute Gasteiger partial charge is 0.375 e. The van der Waals surface area contributed by atoms with Crippen molar-refractivity contribution in [1.82, 2.24) is 24.3 Å². The van der Waals surface area contributed by atoms with Crippen LogP contribution in [0.5, 0.6) is 0 Å². The van der Waals surface area contributed by atoms with Crippen LogP contribution in [0.2, 0.25) is 0 Å². The number of amides is 2. The minimum atomic E-state index is -0.464. The fourth-order valence-electron chi connectivity index (χ4n) is 4.47. The van der Waals surface area contributed by atoms with Crippen molar-refractivity contribution < 1.29 is 14.3 Å². The molecule has 0 unspecified atom stereocenters. The fourth-order valence-corrected chi connectivity index (χ4v) is 4.47. The molecule has 144 valence electrons. The van der Waals surface area contributed by atoms with Crippen molar-refractivity contribution in [2.24, 2.45) is 7.05 Å². The first-order valence-electron chi connectivity index (χ1n) is 9.29. The molecule has 2 amide bonds. The number of aryl methyl sites for hydroxylation is 1. The highest BCUT2D eigenvalue weighted by Crippen LogP contribution is 2.42. The second-order valence-corrected chi connectivity index (χ2v) is 7.29. The number of imidazole rings is 1. The van der Waals surface area contributed by atoms with Gasteiger partial charge in [-0.15, -0.1) is 0 Å². The van der Waals surface area contributed by atoms with Gasteiger partial charge in [0.1, 0.15) is 12.3 Å². The second kappa shape index (κ2) is 6.84. The van der Waals surface area contributed by atoms with Crippen LogP contribution in [0.3, 0.4) is 0 Å². The van der Waals surface area contributed by atoms with E-state index < -0.39 is 5.54 Å². The first kappa shape index (κ1) is 17.8. The Bertz CT molecular complexity index is 847. The summed E-state index contributed by atoms with van der Waals surface area (Å²) in [5, 5.41) is 0. The Morgan fingerprint density at radius 1 is 1.30 bits per heavy atom. The number of methoxy groups -OCH3 is 1. The number of fused-ring (bicyclic) bond motifs is 2. The third-order valence-electron chi connectivity index (χ3n) is 5.87. The zero-order valence-corrected chi connectivity index (χ0v) is 15.8. The SMILES string of the molecule is COCC(=O)N1CCc2[nH]cnc2C12CCN(C(=O)c1cccn1C)CC2. The molecular formula is C19H25N5O3. The van der Waals surface area contributed by atoms with Gasteiger partial charge in [-0.3, -0.25) is 9.59 Å². The van der Waals surface area contributed by atoms with E-state index >= 15 is 0 Å². The van der Waals surface area contributed by atoms with Gasteiger partial charge >= 0.3 is 0 Å². The van der Waals surface area contributed by atoms with Gasteiger partial charge < -0.3 is 24.1 Å². The number of nitrogens with one attached hydrogen (secondary N) is 1. The highest BCUT2D eigenvalue weighted by molar-refractivity contribution is 5.92. The van der Waals surface area contributed by atoms with Gasteiger partial charge in [0.25, 0.3) is 5.91 Å². The van der Waals surface area contributed by atoms with Crippen LogP contribution in [0.1, 0.15) is 34.7 Å². The first-order valence-corrected chi connectivity index (χ1v) is 9.29. The Labute approximate surface area is 158 Å². The van der Waals surface area contributed by atoms with E-state index in [9.17, 15) is 9.59 Å². The van der Waals surface area contributed by atoms with E-state index in [1.165, 1.54) is 7.11 Å². The molecule has 4 rings (SSSR count). The van der Waals surface area contributed by atoms with Crippen molar-refractivity contribution in [2.45, 2.75) is 24.8 Å². The number of nitrogens with zero attached hydrogens (tertiary/aromatic N) is 4. The van der Waals surface area contributed by atoms with E-state index in [2.05, 4.69) is 9.97 Å². The maximum atomic E-state index is 12.8. The van der Waals surface area contributed by atoms with Gasteiger partial charge in [0.2, 0.25) is 5.91 Å². The summed E-state index contributed by atoms with van der Waals surface area (Å²) in [5.41, 5.74) is 2.26. The van der Waals surface area contributed by atoms with Gasteiger partial charge in [0, 0.05) is 52.1 Å². The summed E-state index contributed by atoms with van der Waals surface area (Å²) in [4.78, 5) is 37.2. The lowest BCUT2D eigenvalue weighted by atomic mass is 9.78. The Hall–Kier alpha value is -2.61. The van der Waals surface area contributed by atoms with Gasteiger partial charge in [0.05, 0.1) is 17.6 Å². The van der Waals surface area contributed by atoms with Crippen molar-refractivity contribution in [1.29, 1.82) is 0 Å². The third kappa shape index (κ3) is 2.84. The fraction of sp³-hybridized carbons (Fsp3) is 0.526. The highest BCUT2D eigenvalue weighted by atomic mass is 16.5. The molecule has 2 aromatic rings. The summed E-state index contributed by atoms with van der Waals surface area (Å²) >= 11 is 0. The summed E-state index contributed by atoms with van der Waals surface area (Å²) in [6, 6.07) is 3.72. The number of aromatic amines is 1. The van der Waals surface area contributed by atoms with Gasteiger partial charge in [-0.2, -0.15) is 0 Å². The second-order valence-electron chi connectivity index (χ2n) is 7.29. The molecule has 0 saturated carbocycles. The van der Waals surface area contributed by atoms with Crippen molar-refractivity contribution in [3.8, 4) is 0 Å². The number of H-pyrrole nitrogens is 1. The lowest BCUT2D eigenvalue weighted by Crippen LogP contribution is -2.59. The molecule has 0 atom stereocenters. The molecule has 8 heteroatoms. The molecule has 0 bridgehead atoms. The Morgan fingerprint density at radius 3 is 2.74 bits per heavy atom. The zero-order chi connectivity index (χ0) is 19.0. The van der Waals surface area contributed by atoms with E-state index in [4.69, 9.17) is 4.74 Å². The van der Waals surface area contributed by atoms with E-state index in [1.54, 1.807) is 6.33 Å². The molecule has 0 aromatic carbocycles. The number of ether oxygens (including phenoxy) is 1. The van der Waals surface area contributed by atoms with Crippen LogP contribution in [0, 0.1) is 0 Å². The Morgan fingerprint density at radius 2 is 2.07 bits per heavy atom. The van der Waals surface area contributed by atoms with Crippen LogP contribution in [0.4, 0.5) is 0 Å². The monoisotopic (exact) mass is 371 g/mol. The number of piperidine rings is 1. The summed E-state index contributed by atoms with van der Waals surface area (Å²) in [6.45, 7) is 1.89. The number of hydrogen-bond donors (Lipinski definition) is 1. The van der Waals surface area contributed by atoms with Crippen LogP contribution >= 0.6 is 0 Å². The molecule has 1 N–H and O–H groups in total. The van der Waals surface area contributed by atoms with Gasteiger partial charge in [-0.1, -0.05) is 0 Å². The smallest absolute Gasteiger partial charge is 0.270 e. The molecule has 1 fully saturated rings. The van der Waals surface area contributed by atoms with Crippen molar-refractivity contribution >= 4 is 11.8 Å². The molecule has 0 radical (unpaired) electrons. The Balaban J connectivity index is 1.59. The number of rotatable bonds is 3. The highest BCUT2D eigenvalue weighted by Gasteiger charge is 2.49. The molecule has 4 heterocycles. The predicted octanol–water partition coefficient (Wildman–Crippen LogP) is 0.911. The first-order chi connectivity index (χ1) is 13.1. The zero-order valence-electron chi connectivity index (χ0n) is 15.8. The standard InChI is InChI=1S/C19H25N5O3/c1-22-8-3-4-15(22)18(26)23-10-6-19(7-11-23)17-14(20-13-21-17)5-9-24(19)16(25)12-27-2/h3-4,8,13H,5-7,9-12H2,1-2H3,(H,20,21). The van der Waals surface area contributed by atoms with Crippen molar-refractivity contribution in [3.05, 3.63) is 41.7 Å². The van der Waals surface area contributed by atoms with Crippen molar-refractivity contribution in [3.63, 3.8) is 0 Å². The summed E-state index contributed by atoms with van der Waals surface area (Å²) < 4.78 is 6.94. The third-order valence-corrected chi connectivity index (χ3v) is 5.87. The number of likely N-dealkylation sites (tertiary alicyclic amines) is 1. The molecule has 2 aliphatic heterocycles. The van der Waals surface area contributed by atoms with Crippen LogP contribution in [-0.2, 0) is 28.5 Å². The molecule has 2 aliphatic rings. The normalized spacial score (nSPS) is 18.6. The molecule has 1 saturated heterocycles. The molecule has 8 nitrogen and oxygen atoms in total. The number of aromatic nitrogens is 3. The molecule has 1 spiro atoms. The lowest BCUT2D eigenvalue weighted by Gasteiger charge is -2.50. The molecule has 0 aliphatic carbocycles. The topological polar surface area (TPSA) is 83.5 Å². The number of carbonyl (C=O) groups excluding carboxylic acids is 2. The van der Waals surface area contributed by atoms with E-state index in [-0.39, 0.29) is 18.4 Å². The Kier molecular flexibility index (Phi) is 4.51. The lowest BCUT2D eigenvalue weighted by molar-refractivity contribution is -0.145. The number of hydrogen-bond acceptors (Lipinski definition) is 4. The summed E-state index contributed by atoms with van der Waals surface area (Å²) in [7, 11) is 3.41. The average Bonchev–Trinajstić information content (AvgIpc) is 3.31. The minimum absolute atomic E-state index is 0.0200. The van der Waals surface area contributed by atoms with Crippen LogP contribution in [0.25, 0.3) is 0 Å². The van der Waals surface area contributed by atoms with Gasteiger partial charge in [-0.05, 0) is 25.0 Å². The average molecular weight is 371 g/mol. The van der Waals surface area contributed by atoms with E-state index in [1.807, 2.05) is 39.7 Å². The van der Waals surface area contributed by atoms with E-state index in [0.717, 1.165) is 17.8 Å². The van der Waals surface area contributed by atoms with Crippen molar-refractivity contribution in [2.75, 3.05) is 33.4 Å². The maximum absolute atomic E-state index is 12.8. The molecule has 27 heavy (non-hydrogen) atoms. The molecular weight excluding hydrogens is 346 g/mol. The quantitative estimate of drug-likeness (QED) is 0.869. The van der Waals surface area contributed by atoms with Crippen LogP contribution < -0.4 is 0 Å².